The number of hydrogen-bond donors (Lipinski definition) is 15. The molecule has 28 nitrogen and oxygen atoms in total. The third kappa shape index (κ3) is 14.1. The minimum atomic E-state index is -1.99. The van der Waals surface area contributed by atoms with E-state index in [0.717, 1.165) is 64.4 Å². The summed E-state index contributed by atoms with van der Waals surface area (Å²) >= 11 is 0. The average Bonchev–Trinajstić information content (AvgIpc) is 1.19. The van der Waals surface area contributed by atoms with Crippen molar-refractivity contribution < 1.29 is 128 Å². The quantitative estimate of drug-likeness (QED) is 0.0436. The number of nitrogens with one attached hydrogen (secondary N) is 2. The number of amides is 2. The number of ether oxygens (including phenoxy) is 10. The van der Waals surface area contributed by atoms with Crippen LogP contribution in [0.4, 0.5) is 0 Å². The predicted molar refractivity (Wildman–Crippen MR) is 309 cm³/mol. The van der Waals surface area contributed by atoms with Crippen LogP contribution < -0.4 is 10.6 Å². The van der Waals surface area contributed by atoms with Crippen LogP contribution in [-0.4, -0.2) is 270 Å². The van der Waals surface area contributed by atoms with Crippen molar-refractivity contribution >= 4 is 17.6 Å². The number of hydrogen-bond acceptors (Lipinski definition) is 26. The second kappa shape index (κ2) is 28.9. The highest BCUT2D eigenvalue weighted by molar-refractivity contribution is 5.90. The summed E-state index contributed by atoms with van der Waals surface area (Å²) in [5, 5.41) is 147. The molecule has 5 heterocycles. The van der Waals surface area contributed by atoms with E-state index in [1.807, 2.05) is 13.8 Å². The molecule has 4 aliphatic carbocycles. The lowest BCUT2D eigenvalue weighted by atomic mass is 9.45. The normalized spacial score (nSPS) is 47.3. The molecule has 2 saturated carbocycles. The molecule has 0 spiro atoms. The maximum absolute atomic E-state index is 13.0. The van der Waals surface area contributed by atoms with E-state index in [1.54, 1.807) is 11.6 Å². The van der Waals surface area contributed by atoms with Crippen molar-refractivity contribution in [2.45, 2.75) is 274 Å². The third-order valence-corrected chi connectivity index (χ3v) is 21.6. The van der Waals surface area contributed by atoms with Crippen LogP contribution >= 0.6 is 0 Å². The summed E-state index contributed by atoms with van der Waals surface area (Å²) in [6, 6.07) is -3.06. The highest BCUT2D eigenvalue weighted by Gasteiger charge is 2.62. The van der Waals surface area contributed by atoms with E-state index in [2.05, 4.69) is 45.3 Å². The summed E-state index contributed by atoms with van der Waals surface area (Å²) in [4.78, 5) is 38.4. The smallest absolute Gasteiger partial charge is 0.217 e. The Balaban J connectivity index is 0.984. The van der Waals surface area contributed by atoms with Crippen LogP contribution in [-0.2, 0) is 61.8 Å². The topological polar surface area (TPSA) is 431 Å². The Hall–Kier alpha value is -2.83. The molecule has 28 heteroatoms. The van der Waals surface area contributed by atoms with Crippen molar-refractivity contribution in [2.75, 3.05) is 33.0 Å². The molecule has 5 saturated heterocycles. The van der Waals surface area contributed by atoms with Crippen LogP contribution in [0.1, 0.15) is 120 Å². The highest BCUT2D eigenvalue weighted by atomic mass is 16.8. The number of ketones is 1. The molecule has 7 fully saturated rings. The second-order valence-corrected chi connectivity index (χ2v) is 28.1. The lowest BCUT2D eigenvalue weighted by Gasteiger charge is -2.61. The van der Waals surface area contributed by atoms with Gasteiger partial charge in [-0.25, -0.2) is 0 Å². The molecular weight excluding hydrogens is 1190 g/mol. The molecule has 0 aromatic heterocycles. The van der Waals surface area contributed by atoms with Crippen LogP contribution in [0.15, 0.2) is 22.8 Å². The third-order valence-electron chi connectivity index (χ3n) is 21.6. The summed E-state index contributed by atoms with van der Waals surface area (Å²) in [6.45, 7) is 13.8. The van der Waals surface area contributed by atoms with Gasteiger partial charge in [-0.2, -0.15) is 0 Å². The van der Waals surface area contributed by atoms with Crippen molar-refractivity contribution in [3.05, 3.63) is 22.8 Å². The zero-order valence-corrected chi connectivity index (χ0v) is 52.8. The maximum Gasteiger partial charge on any atom is 0.217 e. The van der Waals surface area contributed by atoms with Crippen molar-refractivity contribution in [2.24, 2.45) is 39.9 Å². The van der Waals surface area contributed by atoms with E-state index in [1.165, 1.54) is 5.57 Å². The van der Waals surface area contributed by atoms with Gasteiger partial charge in [-0.3, -0.25) is 14.4 Å². The Kier molecular flexibility index (Phi) is 22.9. The van der Waals surface area contributed by atoms with Gasteiger partial charge in [0.1, 0.15) is 116 Å². The first kappa shape index (κ1) is 71.5. The molecule has 9 aliphatic rings. The van der Waals surface area contributed by atoms with Gasteiger partial charge in [-0.05, 0) is 111 Å². The molecular formula is C62H100N2O26. The van der Waals surface area contributed by atoms with Gasteiger partial charge in [0.05, 0.1) is 39.1 Å². The van der Waals surface area contributed by atoms with E-state index in [9.17, 15) is 80.8 Å². The van der Waals surface area contributed by atoms with Gasteiger partial charge in [0.15, 0.2) is 37.2 Å². The van der Waals surface area contributed by atoms with E-state index in [0.29, 0.717) is 24.7 Å². The zero-order valence-electron chi connectivity index (χ0n) is 52.8. The standard InChI is InChI=1S/C62H100N2O26/c1-25(2)18-29(70)19-26(3)31-11-12-32-30-10-13-39-60(6,7)40(15-17-62(39,9)33(30)14-16-61(31,32)8)88-59-53(47(75)38(24-82-59)87-55-41(63-27(4)68)48(76)43(71)34(20-65)83-55)89-56-42(64-28(5)69)49(77)46(74)37(86-56)23-81-58-54(51(79)45(73)36(22-67)85-58)90-57-52(80)50(78)44(72)35(21-66)84-57/h18,26,31-32,34-59,65-67,71-80H,10-17,19-24H2,1-9H3,(H,63,68)(H,64,69)/t26?,31-,32?,34-,35-,36-,37-,38-,39?,40+,41-,42-,43+,44-,45-,46-,47+,48-,49-,50+,51+,52-,53-,54-,55+,56+,57+,58-,59+,61-,62-/m1/s1. The largest absolute Gasteiger partial charge is 0.394 e. The Morgan fingerprint density at radius 3 is 1.71 bits per heavy atom. The lowest BCUT2D eigenvalue weighted by molar-refractivity contribution is -0.379. The van der Waals surface area contributed by atoms with Gasteiger partial charge < -0.3 is 124 Å². The number of rotatable bonds is 20. The van der Waals surface area contributed by atoms with Gasteiger partial charge in [0.2, 0.25) is 11.8 Å². The summed E-state index contributed by atoms with van der Waals surface area (Å²) < 4.78 is 61.9. The fraction of sp³-hybridized carbons (Fsp3) is 0.887. The van der Waals surface area contributed by atoms with Crippen LogP contribution in [0.5, 0.6) is 0 Å². The summed E-state index contributed by atoms with van der Waals surface area (Å²) in [5.74, 6) is -0.00445. The van der Waals surface area contributed by atoms with E-state index < -0.39 is 204 Å². The van der Waals surface area contributed by atoms with Gasteiger partial charge in [-0.1, -0.05) is 51.3 Å². The average molecular weight is 1290 g/mol. The molecule has 90 heavy (non-hydrogen) atoms. The lowest BCUT2D eigenvalue weighted by Crippen LogP contribution is -2.68. The molecule has 2 amide bonds. The molecule has 5 aliphatic heterocycles. The Labute approximate surface area is 524 Å². The van der Waals surface area contributed by atoms with Crippen molar-refractivity contribution in [3.63, 3.8) is 0 Å². The first-order valence-electron chi connectivity index (χ1n) is 31.9. The van der Waals surface area contributed by atoms with Crippen LogP contribution in [0, 0.1) is 39.9 Å². The maximum atomic E-state index is 13.0. The first-order chi connectivity index (χ1) is 42.4. The molecule has 9 rings (SSSR count). The van der Waals surface area contributed by atoms with Gasteiger partial charge in [0, 0.05) is 20.3 Å². The number of allylic oxidation sites excluding steroid dienone is 4. The second-order valence-electron chi connectivity index (χ2n) is 28.1. The van der Waals surface area contributed by atoms with Crippen LogP contribution in [0.25, 0.3) is 0 Å². The fourth-order valence-electron chi connectivity index (χ4n) is 17.0. The first-order valence-corrected chi connectivity index (χ1v) is 31.9. The number of aliphatic hydroxyl groups is 13. The zero-order chi connectivity index (χ0) is 65.8. The summed E-state index contributed by atoms with van der Waals surface area (Å²) in [6.07, 6.45) is -29.4. The van der Waals surface area contributed by atoms with Crippen LogP contribution in [0.3, 0.4) is 0 Å². The van der Waals surface area contributed by atoms with Crippen molar-refractivity contribution in [1.29, 1.82) is 0 Å². The summed E-state index contributed by atoms with van der Waals surface area (Å²) in [5.41, 5.74) is 3.39. The van der Waals surface area contributed by atoms with Gasteiger partial charge in [-0.15, -0.1) is 0 Å². The van der Waals surface area contributed by atoms with E-state index >= 15 is 0 Å². The molecule has 0 bridgehead atoms. The van der Waals surface area contributed by atoms with Crippen molar-refractivity contribution in [3.8, 4) is 0 Å². The number of aliphatic hydroxyl groups excluding tert-OH is 13. The van der Waals surface area contributed by atoms with Gasteiger partial charge in [0.25, 0.3) is 0 Å². The highest BCUT2D eigenvalue weighted by Crippen LogP contribution is 2.68. The molecule has 3 unspecified atom stereocenters. The van der Waals surface area contributed by atoms with Gasteiger partial charge >= 0.3 is 0 Å². The van der Waals surface area contributed by atoms with Crippen molar-refractivity contribution in [1.82, 2.24) is 10.6 Å². The molecule has 0 aromatic carbocycles. The Morgan fingerprint density at radius 2 is 1.11 bits per heavy atom. The predicted octanol–water partition coefficient (Wildman–Crippen LogP) is -2.68. The van der Waals surface area contributed by atoms with E-state index in [-0.39, 0.29) is 28.4 Å². The Morgan fingerprint density at radius 1 is 0.578 bits per heavy atom. The monoisotopic (exact) mass is 1290 g/mol. The minimum absolute atomic E-state index is 0.0654. The summed E-state index contributed by atoms with van der Waals surface area (Å²) in [7, 11) is 0. The van der Waals surface area contributed by atoms with E-state index in [4.69, 9.17) is 47.4 Å². The molecule has 15 N–H and O–H groups in total. The Bertz CT molecular complexity index is 2540. The number of fused-ring (bicyclic) bond motifs is 4. The molecule has 514 valence electrons. The molecule has 0 aromatic rings. The number of carbonyl (C=O) groups excluding carboxylic acids is 3. The molecule has 0 radical (unpaired) electrons. The SMILES string of the molecule is CC(=O)N[C@H]1[C@H](O[C@@H]2CO[C@@H](O[C@H]3CC[C@]4(C)C5=C(CCC4C3(C)C)C3CC[C@H](C(C)CC(=O)C=C(C)C)[C@@]3(C)CC5)[C@H](O[C@@H]3O[C@H](CO[C@@H]4O[C@H](CO)[C@@H](O)[C@H](O)[C@H]4O[C@@H]4O[C@H](CO)[C@@H](O)[C@H](O)[C@H]4O)[C@@H](O)[C@H](O)[C@H]3NC(C)=O)[C@H]2O)O[C@H](CO)[C@H](O)[C@@H]1O. The fourth-order valence-corrected chi connectivity index (χ4v) is 17.0. The molecule has 31 atom stereocenters. The minimum Gasteiger partial charge on any atom is -0.394 e. The number of carbonyl (C=O) groups is 3. The van der Waals surface area contributed by atoms with Crippen LogP contribution in [0.2, 0.25) is 0 Å².